The predicted octanol–water partition coefficient (Wildman–Crippen LogP) is 2.28. The minimum Gasteiger partial charge on any atom is -0.361 e. The minimum absolute atomic E-state index is 0.0751. The zero-order chi connectivity index (χ0) is 14.6. The minimum atomic E-state index is -0.195. The molecule has 0 atom stereocenters. The van der Waals surface area contributed by atoms with Crippen LogP contribution in [0.25, 0.3) is 0 Å². The number of carbonyl (C=O) groups is 1. The van der Waals surface area contributed by atoms with E-state index in [1.54, 1.807) is 0 Å². The number of hydrogen-bond acceptors (Lipinski definition) is 4. The highest BCUT2D eigenvalue weighted by atomic mass is 35.5. The van der Waals surface area contributed by atoms with Crippen molar-refractivity contribution in [1.82, 2.24) is 15.3 Å². The van der Waals surface area contributed by atoms with Gasteiger partial charge in [0.2, 0.25) is 5.91 Å². The lowest BCUT2D eigenvalue weighted by molar-refractivity contribution is -0.119. The van der Waals surface area contributed by atoms with E-state index in [1.807, 2.05) is 34.6 Å². The first-order chi connectivity index (χ1) is 8.75. The van der Waals surface area contributed by atoms with Crippen LogP contribution in [0.4, 0.5) is 5.82 Å². The molecule has 0 bridgehead atoms. The maximum Gasteiger partial charge on any atom is 0.239 e. The first-order valence-corrected chi connectivity index (χ1v) is 6.68. The third-order valence-corrected chi connectivity index (χ3v) is 2.92. The Morgan fingerprint density at radius 1 is 1.32 bits per heavy atom. The fourth-order valence-electron chi connectivity index (χ4n) is 1.42. The van der Waals surface area contributed by atoms with Crippen LogP contribution in [0.1, 0.15) is 39.1 Å². The van der Waals surface area contributed by atoms with Gasteiger partial charge in [-0.3, -0.25) is 4.79 Å². The molecule has 0 radical (unpaired) electrons. The van der Waals surface area contributed by atoms with Gasteiger partial charge in [0.25, 0.3) is 0 Å². The molecular weight excluding hydrogens is 264 g/mol. The topological polar surface area (TPSA) is 66.9 Å². The van der Waals surface area contributed by atoms with E-state index < -0.39 is 0 Å². The highest BCUT2D eigenvalue weighted by Gasteiger charge is 2.20. The van der Waals surface area contributed by atoms with Gasteiger partial charge in [-0.2, -0.15) is 0 Å². The van der Waals surface area contributed by atoms with Gasteiger partial charge in [0.15, 0.2) is 0 Å². The molecule has 2 N–H and O–H groups in total. The molecule has 0 fully saturated rings. The lowest BCUT2D eigenvalue weighted by Crippen LogP contribution is -2.30. The van der Waals surface area contributed by atoms with Crippen LogP contribution in [-0.4, -0.2) is 29.0 Å². The van der Waals surface area contributed by atoms with Crippen LogP contribution in [0.3, 0.4) is 0 Å². The Kier molecular flexibility index (Phi) is 5.11. The van der Waals surface area contributed by atoms with Gasteiger partial charge in [-0.05, 0) is 13.8 Å². The van der Waals surface area contributed by atoms with Gasteiger partial charge in [0.05, 0.1) is 6.54 Å². The van der Waals surface area contributed by atoms with E-state index in [2.05, 4.69) is 20.6 Å². The molecule has 1 rings (SSSR count). The fourth-order valence-corrected chi connectivity index (χ4v) is 1.59. The number of likely N-dealkylation sites (N-methyl/N-ethyl adjacent to an activating group) is 1. The summed E-state index contributed by atoms with van der Waals surface area (Å²) in [6.45, 7) is 10.5. The second kappa shape index (κ2) is 6.19. The van der Waals surface area contributed by atoms with Gasteiger partial charge in [-0.25, -0.2) is 9.97 Å². The van der Waals surface area contributed by atoms with Crippen molar-refractivity contribution >= 4 is 23.3 Å². The van der Waals surface area contributed by atoms with Crippen LogP contribution in [0.5, 0.6) is 0 Å². The van der Waals surface area contributed by atoms with Crippen molar-refractivity contribution in [2.75, 3.05) is 18.4 Å². The van der Waals surface area contributed by atoms with E-state index in [1.165, 1.54) is 0 Å². The predicted molar refractivity (Wildman–Crippen MR) is 77.7 cm³/mol. The Morgan fingerprint density at radius 3 is 2.47 bits per heavy atom. The Labute approximate surface area is 119 Å². The smallest absolute Gasteiger partial charge is 0.239 e. The molecule has 6 heteroatoms. The molecule has 1 aromatic heterocycles. The van der Waals surface area contributed by atoms with Crippen LogP contribution in [0.15, 0.2) is 0 Å². The summed E-state index contributed by atoms with van der Waals surface area (Å²) in [5, 5.41) is 6.14. The second-order valence-electron chi connectivity index (χ2n) is 5.37. The number of amides is 1. The van der Waals surface area contributed by atoms with E-state index in [0.29, 0.717) is 23.3 Å². The van der Waals surface area contributed by atoms with Gasteiger partial charge in [-0.1, -0.05) is 32.4 Å². The van der Waals surface area contributed by atoms with Crippen LogP contribution in [-0.2, 0) is 10.2 Å². The molecular formula is C13H21ClN4O. The van der Waals surface area contributed by atoms with Crippen LogP contribution in [0.2, 0.25) is 5.15 Å². The van der Waals surface area contributed by atoms with Crippen molar-refractivity contribution in [3.63, 3.8) is 0 Å². The van der Waals surface area contributed by atoms with Crippen molar-refractivity contribution in [3.05, 3.63) is 16.5 Å². The molecule has 0 aliphatic heterocycles. The highest BCUT2D eigenvalue weighted by molar-refractivity contribution is 6.30. The Morgan fingerprint density at radius 2 is 1.95 bits per heavy atom. The summed E-state index contributed by atoms with van der Waals surface area (Å²) in [6.07, 6.45) is 0. The zero-order valence-corrected chi connectivity index (χ0v) is 12.9. The van der Waals surface area contributed by atoms with Crippen LogP contribution in [0, 0.1) is 6.92 Å². The highest BCUT2D eigenvalue weighted by Crippen LogP contribution is 2.25. The number of halogens is 1. The molecule has 106 valence electrons. The maximum atomic E-state index is 11.4. The van der Waals surface area contributed by atoms with Gasteiger partial charge in [-0.15, -0.1) is 0 Å². The summed E-state index contributed by atoms with van der Waals surface area (Å²) in [6, 6.07) is 0. The molecule has 1 heterocycles. The number of nitrogens with one attached hydrogen (secondary N) is 2. The quantitative estimate of drug-likeness (QED) is 0.833. The summed E-state index contributed by atoms with van der Waals surface area (Å²) in [5.41, 5.74) is 0.554. The molecule has 0 aliphatic rings. The van der Waals surface area contributed by atoms with Gasteiger partial charge < -0.3 is 10.6 Å². The molecule has 0 aromatic carbocycles. The Hall–Kier alpha value is -1.36. The summed E-state index contributed by atoms with van der Waals surface area (Å²) in [7, 11) is 0. The monoisotopic (exact) mass is 284 g/mol. The van der Waals surface area contributed by atoms with Gasteiger partial charge in [0.1, 0.15) is 16.8 Å². The maximum absolute atomic E-state index is 11.4. The van der Waals surface area contributed by atoms with E-state index in [4.69, 9.17) is 11.6 Å². The van der Waals surface area contributed by atoms with E-state index in [0.717, 1.165) is 5.56 Å². The normalized spacial score (nSPS) is 11.3. The first kappa shape index (κ1) is 15.7. The van der Waals surface area contributed by atoms with Crippen molar-refractivity contribution in [2.24, 2.45) is 0 Å². The summed E-state index contributed by atoms with van der Waals surface area (Å²) < 4.78 is 0. The lowest BCUT2D eigenvalue weighted by atomic mass is 9.95. The summed E-state index contributed by atoms with van der Waals surface area (Å²) in [4.78, 5) is 20.2. The van der Waals surface area contributed by atoms with Crippen molar-refractivity contribution < 1.29 is 4.79 Å². The molecule has 0 aliphatic carbocycles. The molecule has 1 amide bonds. The van der Waals surface area contributed by atoms with Crippen LogP contribution >= 0.6 is 11.6 Å². The number of carbonyl (C=O) groups excluding carboxylic acids is 1. The van der Waals surface area contributed by atoms with Crippen LogP contribution < -0.4 is 10.6 Å². The third kappa shape index (κ3) is 4.35. The van der Waals surface area contributed by atoms with Crippen molar-refractivity contribution in [1.29, 1.82) is 0 Å². The second-order valence-corrected chi connectivity index (χ2v) is 5.73. The number of aromatic nitrogens is 2. The SMILES string of the molecule is CCNC(=O)CNc1nc(C(C)(C)C)nc(Cl)c1C. The largest absolute Gasteiger partial charge is 0.361 e. The van der Waals surface area contributed by atoms with E-state index in [9.17, 15) is 4.79 Å². The molecule has 0 saturated carbocycles. The number of nitrogens with zero attached hydrogens (tertiary/aromatic N) is 2. The van der Waals surface area contributed by atoms with E-state index >= 15 is 0 Å². The Bertz CT molecular complexity index is 468. The zero-order valence-electron chi connectivity index (χ0n) is 12.1. The molecule has 1 aromatic rings. The summed E-state index contributed by atoms with van der Waals surface area (Å²) >= 11 is 6.11. The number of hydrogen-bond donors (Lipinski definition) is 2. The fraction of sp³-hybridized carbons (Fsp3) is 0.615. The van der Waals surface area contributed by atoms with Gasteiger partial charge in [0, 0.05) is 17.5 Å². The number of anilines is 1. The molecule has 0 spiro atoms. The Balaban J connectivity index is 2.94. The number of rotatable bonds is 4. The van der Waals surface area contributed by atoms with E-state index in [-0.39, 0.29) is 17.9 Å². The average molecular weight is 285 g/mol. The molecule has 5 nitrogen and oxygen atoms in total. The molecule has 19 heavy (non-hydrogen) atoms. The standard InChI is InChI=1S/C13H21ClN4O/c1-6-15-9(19)7-16-11-8(2)10(14)17-12(18-11)13(3,4)5/h6-7H2,1-5H3,(H,15,19)(H,16,17,18). The molecule has 0 unspecified atom stereocenters. The third-order valence-electron chi connectivity index (χ3n) is 2.55. The summed E-state index contributed by atoms with van der Waals surface area (Å²) in [5.74, 6) is 1.19. The first-order valence-electron chi connectivity index (χ1n) is 6.31. The molecule has 0 saturated heterocycles. The lowest BCUT2D eigenvalue weighted by Gasteiger charge is -2.19. The van der Waals surface area contributed by atoms with Crippen molar-refractivity contribution in [2.45, 2.75) is 40.0 Å². The van der Waals surface area contributed by atoms with Crippen molar-refractivity contribution in [3.8, 4) is 0 Å². The van der Waals surface area contributed by atoms with Gasteiger partial charge >= 0.3 is 0 Å². The average Bonchev–Trinajstić information content (AvgIpc) is 2.30.